The van der Waals surface area contributed by atoms with Crippen molar-refractivity contribution in [3.05, 3.63) is 52.1 Å². The summed E-state index contributed by atoms with van der Waals surface area (Å²) in [6.07, 6.45) is 2.03. The van der Waals surface area contributed by atoms with Gasteiger partial charge in [-0.05, 0) is 23.9 Å². The summed E-state index contributed by atoms with van der Waals surface area (Å²) in [7, 11) is 0. The molecule has 23 heavy (non-hydrogen) atoms. The number of benzene rings is 1. The second kappa shape index (κ2) is 6.43. The molecule has 0 spiro atoms. The Morgan fingerprint density at radius 2 is 1.87 bits per heavy atom. The monoisotopic (exact) mass is 326 g/mol. The maximum Gasteiger partial charge on any atom is 0.0897 e. The van der Waals surface area contributed by atoms with E-state index in [1.807, 2.05) is 6.20 Å². The van der Waals surface area contributed by atoms with Crippen molar-refractivity contribution in [3.63, 3.8) is 0 Å². The molecule has 0 unspecified atom stereocenters. The van der Waals surface area contributed by atoms with E-state index in [0.717, 1.165) is 44.3 Å². The Hall–Kier alpha value is -1.69. The van der Waals surface area contributed by atoms with Crippen LogP contribution in [0.25, 0.3) is 10.9 Å². The van der Waals surface area contributed by atoms with Crippen LogP contribution in [0.15, 0.2) is 35.8 Å². The van der Waals surface area contributed by atoms with Crippen LogP contribution in [-0.4, -0.2) is 45.9 Å². The summed E-state index contributed by atoms with van der Waals surface area (Å²) in [4.78, 5) is 13.0. The van der Waals surface area contributed by atoms with E-state index in [1.54, 1.807) is 11.3 Å². The zero-order chi connectivity index (χ0) is 15.6. The highest BCUT2D eigenvalue weighted by atomic mass is 32.1. The molecule has 1 N–H and O–H groups in total. The molecule has 0 atom stereocenters. The summed E-state index contributed by atoms with van der Waals surface area (Å²) in [6.45, 7) is 8.59. The highest BCUT2D eigenvalue weighted by Gasteiger charge is 2.18. The van der Waals surface area contributed by atoms with E-state index < -0.39 is 0 Å². The lowest BCUT2D eigenvalue weighted by atomic mass is 10.1. The normalized spacial score (nSPS) is 17.1. The largest absolute Gasteiger partial charge is 0.361 e. The lowest BCUT2D eigenvalue weighted by Crippen LogP contribution is -2.45. The maximum absolute atomic E-state index is 4.58. The van der Waals surface area contributed by atoms with E-state index in [1.165, 1.54) is 22.2 Å². The van der Waals surface area contributed by atoms with Gasteiger partial charge in [0.2, 0.25) is 0 Å². The third-order valence-electron chi connectivity index (χ3n) is 4.58. The molecular weight excluding hydrogens is 304 g/mol. The summed E-state index contributed by atoms with van der Waals surface area (Å²) in [5, 5.41) is 4.66. The molecule has 0 saturated carbocycles. The zero-order valence-electron chi connectivity index (χ0n) is 13.5. The standard InChI is InChI=1S/C18H22N4S/c1-14-20-17(13-23-14)12-22-9-7-21(8-10-22)11-16-4-2-3-15-5-6-19-18(15)16/h2-6,13,19H,7-12H2,1H3. The van der Waals surface area contributed by atoms with Crippen LogP contribution in [0.1, 0.15) is 16.3 Å². The molecule has 2 aromatic heterocycles. The Balaban J connectivity index is 1.35. The minimum atomic E-state index is 0.990. The molecule has 4 rings (SSSR count). The fourth-order valence-corrected chi connectivity index (χ4v) is 3.94. The number of hydrogen-bond donors (Lipinski definition) is 1. The van der Waals surface area contributed by atoms with Gasteiger partial charge in [-0.15, -0.1) is 11.3 Å². The molecule has 3 aromatic rings. The van der Waals surface area contributed by atoms with E-state index in [-0.39, 0.29) is 0 Å². The van der Waals surface area contributed by atoms with Crippen molar-refractivity contribution in [2.75, 3.05) is 26.2 Å². The molecule has 1 aliphatic rings. The van der Waals surface area contributed by atoms with Crippen LogP contribution in [0.2, 0.25) is 0 Å². The van der Waals surface area contributed by atoms with Gasteiger partial charge < -0.3 is 4.98 Å². The number of aryl methyl sites for hydroxylation is 1. The number of hydrogen-bond acceptors (Lipinski definition) is 4. The number of nitrogens with zero attached hydrogens (tertiary/aromatic N) is 3. The molecule has 0 radical (unpaired) electrons. The minimum absolute atomic E-state index is 0.990. The second-order valence-corrected chi connectivity index (χ2v) is 7.33. The number of fused-ring (bicyclic) bond motifs is 1. The Morgan fingerprint density at radius 3 is 2.61 bits per heavy atom. The molecule has 1 aliphatic heterocycles. The van der Waals surface area contributed by atoms with Crippen molar-refractivity contribution in [3.8, 4) is 0 Å². The van der Waals surface area contributed by atoms with Crippen LogP contribution in [0.5, 0.6) is 0 Å². The van der Waals surface area contributed by atoms with Crippen molar-refractivity contribution in [1.29, 1.82) is 0 Å². The maximum atomic E-state index is 4.58. The van der Waals surface area contributed by atoms with Gasteiger partial charge in [0, 0.05) is 56.4 Å². The first-order valence-electron chi connectivity index (χ1n) is 8.18. The summed E-state index contributed by atoms with van der Waals surface area (Å²) in [6, 6.07) is 8.71. The van der Waals surface area contributed by atoms with Crippen molar-refractivity contribution in [1.82, 2.24) is 19.8 Å². The molecule has 1 fully saturated rings. The van der Waals surface area contributed by atoms with Crippen LogP contribution in [0, 0.1) is 6.92 Å². The lowest BCUT2D eigenvalue weighted by molar-refractivity contribution is 0.121. The van der Waals surface area contributed by atoms with Crippen LogP contribution in [-0.2, 0) is 13.1 Å². The van der Waals surface area contributed by atoms with Crippen molar-refractivity contribution in [2.24, 2.45) is 0 Å². The topological polar surface area (TPSA) is 35.2 Å². The van der Waals surface area contributed by atoms with Crippen molar-refractivity contribution < 1.29 is 0 Å². The molecular formula is C18H22N4S. The number of aromatic nitrogens is 2. The van der Waals surface area contributed by atoms with E-state index in [2.05, 4.69) is 56.3 Å². The first-order valence-corrected chi connectivity index (χ1v) is 9.06. The molecule has 120 valence electrons. The third-order valence-corrected chi connectivity index (χ3v) is 5.41. The number of aromatic amines is 1. The van der Waals surface area contributed by atoms with Gasteiger partial charge in [0.15, 0.2) is 0 Å². The number of nitrogens with one attached hydrogen (secondary N) is 1. The Morgan fingerprint density at radius 1 is 1.09 bits per heavy atom. The molecule has 0 aliphatic carbocycles. The minimum Gasteiger partial charge on any atom is -0.361 e. The summed E-state index contributed by atoms with van der Waals surface area (Å²) in [5.74, 6) is 0. The summed E-state index contributed by atoms with van der Waals surface area (Å²) in [5.41, 5.74) is 3.90. The molecule has 3 heterocycles. The van der Waals surface area contributed by atoms with Crippen molar-refractivity contribution >= 4 is 22.2 Å². The van der Waals surface area contributed by atoms with Crippen LogP contribution in [0.4, 0.5) is 0 Å². The van der Waals surface area contributed by atoms with Gasteiger partial charge in [0.05, 0.1) is 10.7 Å². The fourth-order valence-electron chi connectivity index (χ4n) is 3.34. The van der Waals surface area contributed by atoms with Gasteiger partial charge in [-0.2, -0.15) is 0 Å². The predicted octanol–water partition coefficient (Wildman–Crippen LogP) is 3.25. The molecule has 0 bridgehead atoms. The number of H-pyrrole nitrogens is 1. The quantitative estimate of drug-likeness (QED) is 0.799. The molecule has 1 saturated heterocycles. The summed E-state index contributed by atoms with van der Waals surface area (Å²) >= 11 is 1.75. The van der Waals surface area contributed by atoms with Crippen molar-refractivity contribution in [2.45, 2.75) is 20.0 Å². The highest BCUT2D eigenvalue weighted by molar-refractivity contribution is 7.09. The van der Waals surface area contributed by atoms with Crippen LogP contribution < -0.4 is 0 Å². The lowest BCUT2D eigenvalue weighted by Gasteiger charge is -2.34. The van der Waals surface area contributed by atoms with E-state index in [4.69, 9.17) is 0 Å². The fraction of sp³-hybridized carbons (Fsp3) is 0.389. The van der Waals surface area contributed by atoms with Gasteiger partial charge in [-0.3, -0.25) is 9.80 Å². The average Bonchev–Trinajstić information content (AvgIpc) is 3.19. The van der Waals surface area contributed by atoms with E-state index in [9.17, 15) is 0 Å². The van der Waals surface area contributed by atoms with Gasteiger partial charge >= 0.3 is 0 Å². The van der Waals surface area contributed by atoms with E-state index >= 15 is 0 Å². The Kier molecular flexibility index (Phi) is 4.16. The Labute approximate surface area is 140 Å². The van der Waals surface area contributed by atoms with Gasteiger partial charge in [-0.1, -0.05) is 18.2 Å². The molecule has 1 aromatic carbocycles. The second-order valence-electron chi connectivity index (χ2n) is 6.27. The predicted molar refractivity (Wildman–Crippen MR) is 95.7 cm³/mol. The third kappa shape index (κ3) is 3.32. The van der Waals surface area contributed by atoms with Gasteiger partial charge in [0.25, 0.3) is 0 Å². The first kappa shape index (κ1) is 14.9. The number of piperazine rings is 1. The average molecular weight is 326 g/mol. The Bertz CT molecular complexity index is 783. The number of para-hydroxylation sites is 1. The molecule has 5 heteroatoms. The van der Waals surface area contributed by atoms with Gasteiger partial charge in [-0.25, -0.2) is 4.98 Å². The molecule has 0 amide bonds. The van der Waals surface area contributed by atoms with Crippen LogP contribution >= 0.6 is 11.3 Å². The van der Waals surface area contributed by atoms with E-state index in [0.29, 0.717) is 0 Å². The summed E-state index contributed by atoms with van der Waals surface area (Å²) < 4.78 is 0. The van der Waals surface area contributed by atoms with Crippen LogP contribution in [0.3, 0.4) is 0 Å². The number of thiazole rings is 1. The number of rotatable bonds is 4. The first-order chi connectivity index (χ1) is 11.3. The smallest absolute Gasteiger partial charge is 0.0897 e. The SMILES string of the molecule is Cc1nc(CN2CCN(Cc3cccc4cc[nH]c34)CC2)cs1. The highest BCUT2D eigenvalue weighted by Crippen LogP contribution is 2.19. The molecule has 4 nitrogen and oxygen atoms in total. The van der Waals surface area contributed by atoms with Gasteiger partial charge in [0.1, 0.15) is 0 Å². The zero-order valence-corrected chi connectivity index (χ0v) is 14.3.